The zero-order chi connectivity index (χ0) is 15.9. The van der Waals surface area contributed by atoms with Gasteiger partial charge in [-0.25, -0.2) is 0 Å². The van der Waals surface area contributed by atoms with Gasteiger partial charge in [-0.3, -0.25) is 0 Å². The lowest BCUT2D eigenvalue weighted by Gasteiger charge is -2.23. The van der Waals surface area contributed by atoms with Crippen molar-refractivity contribution >= 4 is 5.69 Å². The number of para-hydroxylation sites is 1. The molecular formula is C17H23N3O3. The number of nitrogens with zero attached hydrogens (tertiary/aromatic N) is 3. The lowest BCUT2D eigenvalue weighted by molar-refractivity contribution is 0.0778. The van der Waals surface area contributed by atoms with Gasteiger partial charge in [-0.05, 0) is 31.4 Å². The monoisotopic (exact) mass is 317 g/mol. The average molecular weight is 317 g/mol. The van der Waals surface area contributed by atoms with Crippen molar-refractivity contribution in [2.24, 2.45) is 0 Å². The summed E-state index contributed by atoms with van der Waals surface area (Å²) in [5.74, 6) is 1.72. The van der Waals surface area contributed by atoms with Crippen LogP contribution in [0.3, 0.4) is 0 Å². The van der Waals surface area contributed by atoms with Crippen LogP contribution in [0, 0.1) is 0 Å². The first kappa shape index (κ1) is 16.0. The first-order valence-electron chi connectivity index (χ1n) is 8.18. The molecule has 0 atom stereocenters. The molecule has 2 aromatic rings. The molecule has 1 N–H and O–H groups in total. The number of benzene rings is 1. The second-order valence-corrected chi connectivity index (χ2v) is 5.77. The van der Waals surface area contributed by atoms with E-state index in [9.17, 15) is 0 Å². The van der Waals surface area contributed by atoms with E-state index >= 15 is 0 Å². The Morgan fingerprint density at radius 1 is 1.17 bits per heavy atom. The summed E-state index contributed by atoms with van der Waals surface area (Å²) in [7, 11) is 0. The van der Waals surface area contributed by atoms with Crippen LogP contribution in [0.5, 0.6) is 0 Å². The van der Waals surface area contributed by atoms with Crippen molar-refractivity contribution in [1.82, 2.24) is 10.1 Å². The maximum absolute atomic E-state index is 9.11. The summed E-state index contributed by atoms with van der Waals surface area (Å²) in [6.07, 6.45) is 2.59. The van der Waals surface area contributed by atoms with Gasteiger partial charge in [-0.2, -0.15) is 4.98 Å². The van der Waals surface area contributed by atoms with Crippen LogP contribution in [0.25, 0.3) is 0 Å². The van der Waals surface area contributed by atoms with Gasteiger partial charge in [0.05, 0.1) is 6.54 Å². The molecule has 0 bridgehead atoms. The Bertz CT molecular complexity index is 582. The zero-order valence-electron chi connectivity index (χ0n) is 13.2. The Hall–Kier alpha value is -1.92. The molecule has 23 heavy (non-hydrogen) atoms. The molecule has 6 heteroatoms. The minimum Gasteiger partial charge on any atom is -0.396 e. The quantitative estimate of drug-likeness (QED) is 0.845. The van der Waals surface area contributed by atoms with Crippen LogP contribution in [-0.2, 0) is 11.3 Å². The highest BCUT2D eigenvalue weighted by Gasteiger charge is 2.22. The van der Waals surface area contributed by atoms with E-state index in [1.807, 2.05) is 18.2 Å². The molecular weight excluding hydrogens is 294 g/mol. The molecule has 2 heterocycles. The van der Waals surface area contributed by atoms with Gasteiger partial charge in [0, 0.05) is 38.0 Å². The molecule has 0 radical (unpaired) electrons. The Labute approximate surface area is 136 Å². The second-order valence-electron chi connectivity index (χ2n) is 5.77. The first-order chi connectivity index (χ1) is 11.4. The molecule has 0 amide bonds. The SMILES string of the molecule is OCCCN(Cc1noc(C2CCOCC2)n1)c1ccccc1. The van der Waals surface area contributed by atoms with Crippen molar-refractivity contribution in [2.75, 3.05) is 31.3 Å². The summed E-state index contributed by atoms with van der Waals surface area (Å²) >= 11 is 0. The van der Waals surface area contributed by atoms with Crippen LogP contribution in [0.2, 0.25) is 0 Å². The minimum absolute atomic E-state index is 0.170. The summed E-state index contributed by atoms with van der Waals surface area (Å²) in [4.78, 5) is 6.73. The Morgan fingerprint density at radius 2 is 1.96 bits per heavy atom. The van der Waals surface area contributed by atoms with Crippen molar-refractivity contribution < 1.29 is 14.4 Å². The van der Waals surface area contributed by atoms with Gasteiger partial charge < -0.3 is 19.3 Å². The number of anilines is 1. The Kier molecular flexibility index (Phi) is 5.60. The normalized spacial score (nSPS) is 15.7. The summed E-state index contributed by atoms with van der Waals surface area (Å²) in [5.41, 5.74) is 1.10. The van der Waals surface area contributed by atoms with Gasteiger partial charge in [0.1, 0.15) is 0 Å². The molecule has 0 unspecified atom stereocenters. The molecule has 0 spiro atoms. The predicted octanol–water partition coefficient (Wildman–Crippen LogP) is 2.35. The Morgan fingerprint density at radius 3 is 2.70 bits per heavy atom. The highest BCUT2D eigenvalue weighted by Crippen LogP contribution is 2.25. The summed E-state index contributed by atoms with van der Waals surface area (Å²) in [6.45, 7) is 3.02. The van der Waals surface area contributed by atoms with E-state index < -0.39 is 0 Å². The van der Waals surface area contributed by atoms with Gasteiger partial charge in [-0.1, -0.05) is 23.4 Å². The van der Waals surface area contributed by atoms with Gasteiger partial charge >= 0.3 is 0 Å². The molecule has 0 aliphatic carbocycles. The van der Waals surface area contributed by atoms with Crippen LogP contribution < -0.4 is 4.90 Å². The van der Waals surface area contributed by atoms with E-state index in [0.717, 1.165) is 44.2 Å². The third kappa shape index (κ3) is 4.30. The average Bonchev–Trinajstić information content (AvgIpc) is 3.09. The third-order valence-electron chi connectivity index (χ3n) is 4.09. The number of aliphatic hydroxyl groups is 1. The van der Waals surface area contributed by atoms with Crippen molar-refractivity contribution in [3.63, 3.8) is 0 Å². The van der Waals surface area contributed by atoms with Gasteiger partial charge in [-0.15, -0.1) is 0 Å². The van der Waals surface area contributed by atoms with E-state index in [1.54, 1.807) is 0 Å². The number of hydrogen-bond acceptors (Lipinski definition) is 6. The summed E-state index contributed by atoms with van der Waals surface area (Å²) < 4.78 is 10.8. The topological polar surface area (TPSA) is 71.6 Å². The van der Waals surface area contributed by atoms with Gasteiger partial charge in [0.15, 0.2) is 5.82 Å². The molecule has 1 aromatic carbocycles. The predicted molar refractivity (Wildman–Crippen MR) is 86.3 cm³/mol. The molecule has 1 saturated heterocycles. The molecule has 1 aliphatic heterocycles. The van der Waals surface area contributed by atoms with Crippen LogP contribution >= 0.6 is 0 Å². The maximum atomic E-state index is 9.11. The third-order valence-corrected chi connectivity index (χ3v) is 4.09. The van der Waals surface area contributed by atoms with Crippen LogP contribution in [0.4, 0.5) is 5.69 Å². The zero-order valence-corrected chi connectivity index (χ0v) is 13.2. The minimum atomic E-state index is 0.170. The fourth-order valence-electron chi connectivity index (χ4n) is 2.81. The van der Waals surface area contributed by atoms with Gasteiger partial charge in [0.25, 0.3) is 0 Å². The molecule has 1 fully saturated rings. The van der Waals surface area contributed by atoms with E-state index in [2.05, 4.69) is 27.2 Å². The number of rotatable bonds is 7. The van der Waals surface area contributed by atoms with E-state index in [-0.39, 0.29) is 6.61 Å². The lowest BCUT2D eigenvalue weighted by atomic mass is 10.0. The van der Waals surface area contributed by atoms with Crippen LogP contribution in [0.15, 0.2) is 34.9 Å². The van der Waals surface area contributed by atoms with E-state index in [1.165, 1.54) is 0 Å². The standard InChI is InChI=1S/C17H23N3O3/c21-10-4-9-20(15-5-2-1-3-6-15)13-16-18-17(23-19-16)14-7-11-22-12-8-14/h1-3,5-6,14,21H,4,7-13H2. The molecule has 1 aliphatic rings. The molecule has 0 saturated carbocycles. The number of hydrogen-bond donors (Lipinski definition) is 1. The number of ether oxygens (including phenoxy) is 1. The fourth-order valence-corrected chi connectivity index (χ4v) is 2.81. The smallest absolute Gasteiger partial charge is 0.229 e. The van der Waals surface area contributed by atoms with E-state index in [0.29, 0.717) is 24.7 Å². The van der Waals surface area contributed by atoms with Gasteiger partial charge in [0.2, 0.25) is 5.89 Å². The summed E-state index contributed by atoms with van der Waals surface area (Å²) in [6, 6.07) is 10.1. The highest BCUT2D eigenvalue weighted by molar-refractivity contribution is 5.45. The van der Waals surface area contributed by atoms with Crippen molar-refractivity contribution in [1.29, 1.82) is 0 Å². The molecule has 6 nitrogen and oxygen atoms in total. The molecule has 3 rings (SSSR count). The van der Waals surface area contributed by atoms with Crippen LogP contribution in [-0.4, -0.2) is 41.6 Å². The van der Waals surface area contributed by atoms with Crippen LogP contribution in [0.1, 0.15) is 36.9 Å². The number of aliphatic hydroxyl groups excluding tert-OH is 1. The lowest BCUT2D eigenvalue weighted by Crippen LogP contribution is -2.25. The van der Waals surface area contributed by atoms with Crippen molar-refractivity contribution in [3.8, 4) is 0 Å². The maximum Gasteiger partial charge on any atom is 0.229 e. The summed E-state index contributed by atoms with van der Waals surface area (Å²) in [5, 5.41) is 13.2. The molecule has 124 valence electrons. The molecule has 1 aromatic heterocycles. The Balaban J connectivity index is 1.68. The van der Waals surface area contributed by atoms with Crippen molar-refractivity contribution in [2.45, 2.75) is 31.7 Å². The highest BCUT2D eigenvalue weighted by atomic mass is 16.5. The second kappa shape index (κ2) is 8.08. The largest absolute Gasteiger partial charge is 0.396 e. The van der Waals surface area contributed by atoms with E-state index in [4.69, 9.17) is 14.4 Å². The number of aromatic nitrogens is 2. The van der Waals surface area contributed by atoms with Crippen molar-refractivity contribution in [3.05, 3.63) is 42.0 Å². The first-order valence-corrected chi connectivity index (χ1v) is 8.18. The fraction of sp³-hybridized carbons (Fsp3) is 0.529.